The maximum absolute atomic E-state index is 4.68. The van der Waals surface area contributed by atoms with Crippen molar-refractivity contribution in [3.05, 3.63) is 71.4 Å². The first-order chi connectivity index (χ1) is 10.6. The molecule has 0 spiro atoms. The number of nitrogens with zero attached hydrogens (tertiary/aromatic N) is 2. The van der Waals surface area contributed by atoms with Crippen LogP contribution in [0.4, 0.5) is 5.69 Å². The molecule has 1 heterocycles. The molecule has 0 fully saturated rings. The summed E-state index contributed by atoms with van der Waals surface area (Å²) < 4.78 is 0. The Morgan fingerprint density at radius 2 is 1.64 bits per heavy atom. The lowest BCUT2D eigenvalue weighted by Crippen LogP contribution is -2.07. The molecular formula is C20H20N2. The molecule has 2 nitrogen and oxygen atoms in total. The summed E-state index contributed by atoms with van der Waals surface area (Å²) in [5.74, 6) is 0. The van der Waals surface area contributed by atoms with Crippen molar-refractivity contribution in [3.8, 4) is 0 Å². The van der Waals surface area contributed by atoms with Gasteiger partial charge in [0.05, 0.1) is 11.2 Å². The third kappa shape index (κ3) is 3.17. The van der Waals surface area contributed by atoms with E-state index in [1.54, 1.807) is 0 Å². The second-order valence-electron chi connectivity index (χ2n) is 5.75. The van der Waals surface area contributed by atoms with E-state index in [1.165, 1.54) is 22.2 Å². The van der Waals surface area contributed by atoms with Crippen molar-refractivity contribution < 1.29 is 0 Å². The summed E-state index contributed by atoms with van der Waals surface area (Å²) in [7, 11) is 4.09. The summed E-state index contributed by atoms with van der Waals surface area (Å²) in [6, 6.07) is 19.0. The van der Waals surface area contributed by atoms with Gasteiger partial charge < -0.3 is 4.90 Å². The SMILES string of the molecule is Cc1ccc2nc(/C=C\c3ccc(N(C)C)cc3)ccc2c1. The average molecular weight is 288 g/mol. The van der Waals surface area contributed by atoms with Crippen LogP contribution in [0.25, 0.3) is 23.1 Å². The molecular weight excluding hydrogens is 268 g/mol. The van der Waals surface area contributed by atoms with E-state index in [4.69, 9.17) is 0 Å². The molecule has 22 heavy (non-hydrogen) atoms. The van der Waals surface area contributed by atoms with E-state index < -0.39 is 0 Å². The van der Waals surface area contributed by atoms with Crippen molar-refractivity contribution in [2.75, 3.05) is 19.0 Å². The van der Waals surface area contributed by atoms with Crippen LogP contribution in [-0.2, 0) is 0 Å². The lowest BCUT2D eigenvalue weighted by Gasteiger charge is -2.11. The number of anilines is 1. The highest BCUT2D eigenvalue weighted by molar-refractivity contribution is 5.81. The molecule has 0 aliphatic heterocycles. The fraction of sp³-hybridized carbons (Fsp3) is 0.150. The highest BCUT2D eigenvalue weighted by Gasteiger charge is 1.97. The van der Waals surface area contributed by atoms with Gasteiger partial charge in [0, 0.05) is 25.2 Å². The Labute approximate surface area is 131 Å². The molecule has 1 aromatic heterocycles. The Balaban J connectivity index is 1.84. The molecule has 0 saturated carbocycles. The minimum absolute atomic E-state index is 0.980. The van der Waals surface area contributed by atoms with Crippen molar-refractivity contribution in [2.24, 2.45) is 0 Å². The summed E-state index contributed by atoms with van der Waals surface area (Å²) in [4.78, 5) is 6.78. The summed E-state index contributed by atoms with van der Waals surface area (Å²) in [6.07, 6.45) is 4.16. The van der Waals surface area contributed by atoms with E-state index in [0.717, 1.165) is 11.2 Å². The summed E-state index contributed by atoms with van der Waals surface area (Å²) in [5.41, 5.74) is 5.66. The van der Waals surface area contributed by atoms with E-state index in [0.29, 0.717) is 0 Å². The van der Waals surface area contributed by atoms with Gasteiger partial charge in [-0.2, -0.15) is 0 Å². The fourth-order valence-electron chi connectivity index (χ4n) is 2.42. The number of fused-ring (bicyclic) bond motifs is 1. The van der Waals surface area contributed by atoms with Crippen LogP contribution in [0.3, 0.4) is 0 Å². The van der Waals surface area contributed by atoms with Crippen LogP contribution >= 0.6 is 0 Å². The van der Waals surface area contributed by atoms with Gasteiger partial charge >= 0.3 is 0 Å². The monoisotopic (exact) mass is 288 g/mol. The molecule has 2 heteroatoms. The van der Waals surface area contributed by atoms with Crippen LogP contribution < -0.4 is 4.90 Å². The molecule has 0 bridgehead atoms. The van der Waals surface area contributed by atoms with E-state index in [2.05, 4.69) is 83.6 Å². The van der Waals surface area contributed by atoms with Gasteiger partial charge in [0.15, 0.2) is 0 Å². The molecule has 2 aromatic carbocycles. The van der Waals surface area contributed by atoms with Crippen LogP contribution in [-0.4, -0.2) is 19.1 Å². The molecule has 3 aromatic rings. The van der Waals surface area contributed by atoms with Crippen LogP contribution in [0.2, 0.25) is 0 Å². The Morgan fingerprint density at radius 1 is 0.864 bits per heavy atom. The van der Waals surface area contributed by atoms with Gasteiger partial charge in [-0.05, 0) is 48.9 Å². The second kappa shape index (κ2) is 6.02. The van der Waals surface area contributed by atoms with Crippen LogP contribution in [0, 0.1) is 6.92 Å². The van der Waals surface area contributed by atoms with Gasteiger partial charge in [-0.15, -0.1) is 0 Å². The van der Waals surface area contributed by atoms with E-state index in [1.807, 2.05) is 14.1 Å². The Morgan fingerprint density at radius 3 is 2.36 bits per heavy atom. The van der Waals surface area contributed by atoms with E-state index >= 15 is 0 Å². The topological polar surface area (TPSA) is 16.1 Å². The third-order valence-corrected chi connectivity index (χ3v) is 3.72. The zero-order valence-corrected chi connectivity index (χ0v) is 13.2. The van der Waals surface area contributed by atoms with Crippen molar-refractivity contribution in [3.63, 3.8) is 0 Å². The highest BCUT2D eigenvalue weighted by atomic mass is 15.1. The first-order valence-corrected chi connectivity index (χ1v) is 7.45. The molecule has 0 amide bonds. The number of benzene rings is 2. The standard InChI is InChI=1S/C20H20N2/c1-15-4-13-20-17(14-15)8-10-18(21-20)9-5-16-6-11-19(12-7-16)22(2)3/h4-14H,1-3H3/b9-5-. The number of aromatic nitrogens is 1. The van der Waals surface area contributed by atoms with Crippen molar-refractivity contribution in [1.29, 1.82) is 0 Å². The highest BCUT2D eigenvalue weighted by Crippen LogP contribution is 2.17. The van der Waals surface area contributed by atoms with Gasteiger partial charge in [-0.25, -0.2) is 4.98 Å². The largest absolute Gasteiger partial charge is 0.378 e. The van der Waals surface area contributed by atoms with Gasteiger partial charge in [-0.3, -0.25) is 0 Å². The lowest BCUT2D eigenvalue weighted by atomic mass is 10.1. The zero-order valence-electron chi connectivity index (χ0n) is 13.2. The van der Waals surface area contributed by atoms with Crippen LogP contribution in [0.15, 0.2) is 54.6 Å². The number of pyridine rings is 1. The summed E-state index contributed by atoms with van der Waals surface area (Å²) in [5, 5.41) is 1.19. The second-order valence-corrected chi connectivity index (χ2v) is 5.75. The third-order valence-electron chi connectivity index (χ3n) is 3.72. The lowest BCUT2D eigenvalue weighted by molar-refractivity contribution is 1.13. The summed E-state index contributed by atoms with van der Waals surface area (Å²) >= 11 is 0. The van der Waals surface area contributed by atoms with Gasteiger partial charge in [0.1, 0.15) is 0 Å². The van der Waals surface area contributed by atoms with E-state index in [9.17, 15) is 0 Å². The molecule has 0 atom stereocenters. The average Bonchev–Trinajstić information content (AvgIpc) is 2.53. The maximum atomic E-state index is 4.68. The molecule has 0 radical (unpaired) electrons. The Hall–Kier alpha value is -2.61. The van der Waals surface area contributed by atoms with Gasteiger partial charge in [0.25, 0.3) is 0 Å². The predicted octanol–water partition coefficient (Wildman–Crippen LogP) is 4.78. The Bertz CT molecular complexity index is 815. The first-order valence-electron chi connectivity index (χ1n) is 7.45. The fourth-order valence-corrected chi connectivity index (χ4v) is 2.42. The van der Waals surface area contributed by atoms with Crippen LogP contribution in [0.1, 0.15) is 16.8 Å². The molecule has 0 aliphatic rings. The van der Waals surface area contributed by atoms with Gasteiger partial charge in [-0.1, -0.05) is 35.9 Å². The maximum Gasteiger partial charge on any atom is 0.0709 e. The molecule has 110 valence electrons. The predicted molar refractivity (Wildman–Crippen MR) is 96.2 cm³/mol. The number of aryl methyl sites for hydroxylation is 1. The quantitative estimate of drug-likeness (QED) is 0.689. The van der Waals surface area contributed by atoms with Gasteiger partial charge in [0.2, 0.25) is 0 Å². The first kappa shape index (κ1) is 14.3. The molecule has 3 rings (SSSR count). The Kier molecular flexibility index (Phi) is 3.92. The minimum Gasteiger partial charge on any atom is -0.378 e. The summed E-state index contributed by atoms with van der Waals surface area (Å²) in [6.45, 7) is 2.10. The smallest absolute Gasteiger partial charge is 0.0709 e. The zero-order chi connectivity index (χ0) is 15.5. The molecule has 0 aliphatic carbocycles. The van der Waals surface area contributed by atoms with Crippen molar-refractivity contribution in [1.82, 2.24) is 4.98 Å². The number of hydrogen-bond acceptors (Lipinski definition) is 2. The molecule has 0 N–H and O–H groups in total. The van der Waals surface area contributed by atoms with Crippen molar-refractivity contribution >= 4 is 28.7 Å². The minimum atomic E-state index is 0.980. The van der Waals surface area contributed by atoms with E-state index in [-0.39, 0.29) is 0 Å². The molecule has 0 unspecified atom stereocenters. The number of hydrogen-bond donors (Lipinski definition) is 0. The van der Waals surface area contributed by atoms with Crippen LogP contribution in [0.5, 0.6) is 0 Å². The number of rotatable bonds is 3. The normalized spacial score (nSPS) is 11.2. The van der Waals surface area contributed by atoms with Crippen molar-refractivity contribution in [2.45, 2.75) is 6.92 Å². The molecule has 0 saturated heterocycles.